The number of urea groups is 1. The lowest BCUT2D eigenvalue weighted by atomic mass is 9.99. The molecule has 0 aromatic heterocycles. The molecule has 1 fully saturated rings. The third-order valence-electron chi connectivity index (χ3n) is 4.32. The molecule has 1 aliphatic rings. The van der Waals surface area contributed by atoms with Gasteiger partial charge >= 0.3 is 6.03 Å². The van der Waals surface area contributed by atoms with Crippen molar-refractivity contribution in [3.05, 3.63) is 35.4 Å². The third kappa shape index (κ3) is 4.42. The molecular weight excluding hydrogens is 316 g/mol. The van der Waals surface area contributed by atoms with Crippen molar-refractivity contribution >= 4 is 6.03 Å². The molecule has 24 heavy (non-hydrogen) atoms. The average Bonchev–Trinajstić information content (AvgIpc) is 2.94. The van der Waals surface area contributed by atoms with Crippen LogP contribution in [0.5, 0.6) is 0 Å². The zero-order chi connectivity index (χ0) is 17.7. The Hall–Kier alpha value is -1.73. The van der Waals surface area contributed by atoms with E-state index in [1.807, 2.05) is 13.8 Å². The van der Waals surface area contributed by atoms with E-state index < -0.39 is 11.6 Å². The zero-order valence-electron chi connectivity index (χ0n) is 14.1. The first-order valence-electron chi connectivity index (χ1n) is 8.30. The highest BCUT2D eigenvalue weighted by molar-refractivity contribution is 5.74. The van der Waals surface area contributed by atoms with Gasteiger partial charge in [-0.3, -0.25) is 4.90 Å². The summed E-state index contributed by atoms with van der Waals surface area (Å²) in [5, 5.41) is 14.4. The first kappa shape index (κ1) is 18.6. The lowest BCUT2D eigenvalue weighted by Crippen LogP contribution is -2.45. The van der Waals surface area contributed by atoms with Gasteiger partial charge in [-0.1, -0.05) is 6.07 Å². The second-order valence-electron chi connectivity index (χ2n) is 6.32. The van der Waals surface area contributed by atoms with Crippen molar-refractivity contribution in [1.29, 1.82) is 0 Å². The number of hydrogen-bond acceptors (Lipinski definition) is 3. The van der Waals surface area contributed by atoms with Crippen LogP contribution in [0.3, 0.4) is 0 Å². The van der Waals surface area contributed by atoms with Crippen molar-refractivity contribution < 1.29 is 18.7 Å². The predicted octanol–water partition coefficient (Wildman–Crippen LogP) is 2.17. The van der Waals surface area contributed by atoms with Gasteiger partial charge < -0.3 is 15.7 Å². The quantitative estimate of drug-likeness (QED) is 0.695. The molecule has 134 valence electrons. The molecule has 1 aromatic carbocycles. The molecule has 2 atom stereocenters. The second-order valence-corrected chi connectivity index (χ2v) is 6.32. The Morgan fingerprint density at radius 1 is 1.38 bits per heavy atom. The molecular formula is C17H25F2N3O2. The molecule has 7 heteroatoms. The van der Waals surface area contributed by atoms with Gasteiger partial charge in [-0.05, 0) is 44.4 Å². The Balaban J connectivity index is 2.14. The number of likely N-dealkylation sites (tertiary alicyclic amines) is 1. The number of aliphatic hydroxyl groups excluding tert-OH is 1. The third-order valence-corrected chi connectivity index (χ3v) is 4.32. The minimum absolute atomic E-state index is 0.0162. The number of rotatable bonds is 6. The molecule has 0 radical (unpaired) electrons. The fourth-order valence-corrected chi connectivity index (χ4v) is 3.17. The fraction of sp³-hybridized carbons (Fsp3) is 0.588. The van der Waals surface area contributed by atoms with Crippen LogP contribution >= 0.6 is 0 Å². The Bertz CT molecular complexity index is 569. The Labute approximate surface area is 141 Å². The number of carbonyl (C=O) groups excluding carboxylic acids is 1. The highest BCUT2D eigenvalue weighted by Gasteiger charge is 2.37. The summed E-state index contributed by atoms with van der Waals surface area (Å²) in [6, 6.07) is 3.41. The number of hydrogen-bond donors (Lipinski definition) is 3. The van der Waals surface area contributed by atoms with Gasteiger partial charge in [-0.25, -0.2) is 13.6 Å². The molecule has 5 nitrogen and oxygen atoms in total. The van der Waals surface area contributed by atoms with Gasteiger partial charge in [-0.15, -0.1) is 0 Å². The predicted molar refractivity (Wildman–Crippen MR) is 87.6 cm³/mol. The molecule has 2 rings (SSSR count). The lowest BCUT2D eigenvalue weighted by molar-refractivity contribution is 0.187. The van der Waals surface area contributed by atoms with Crippen LogP contribution in [-0.2, 0) is 0 Å². The van der Waals surface area contributed by atoms with Crippen molar-refractivity contribution in [2.75, 3.05) is 19.7 Å². The van der Waals surface area contributed by atoms with Gasteiger partial charge in [0, 0.05) is 25.7 Å². The standard InChI is InChI=1S/C17H25F2N3O2/c1-11(2)22-8-6-15(21-17(24)20-7-3-9-23)16(22)12-4-5-13(18)14(19)10-12/h4-5,10-11,15-16,23H,3,6-9H2,1-2H3,(H2,20,21,24)/t15-,16-/m1/s1. The van der Waals surface area contributed by atoms with E-state index in [0.29, 0.717) is 18.5 Å². The largest absolute Gasteiger partial charge is 0.396 e. The summed E-state index contributed by atoms with van der Waals surface area (Å²) in [5.74, 6) is -1.76. The van der Waals surface area contributed by atoms with Gasteiger partial charge in [0.25, 0.3) is 0 Å². The van der Waals surface area contributed by atoms with Crippen molar-refractivity contribution in [3.8, 4) is 0 Å². The molecule has 1 saturated heterocycles. The summed E-state index contributed by atoms with van der Waals surface area (Å²) in [5.41, 5.74) is 0.653. The van der Waals surface area contributed by atoms with Crippen LogP contribution in [-0.4, -0.2) is 47.8 Å². The highest BCUT2D eigenvalue weighted by atomic mass is 19.2. The molecule has 1 aliphatic heterocycles. The number of halogens is 2. The van der Waals surface area contributed by atoms with Gasteiger partial charge in [0.15, 0.2) is 11.6 Å². The smallest absolute Gasteiger partial charge is 0.315 e. The fourth-order valence-electron chi connectivity index (χ4n) is 3.17. The van der Waals surface area contributed by atoms with Gasteiger partial charge in [0.05, 0.1) is 12.1 Å². The Morgan fingerprint density at radius 2 is 2.12 bits per heavy atom. The molecule has 0 aliphatic carbocycles. The van der Waals surface area contributed by atoms with Crippen LogP contribution in [0.2, 0.25) is 0 Å². The zero-order valence-corrected chi connectivity index (χ0v) is 14.1. The van der Waals surface area contributed by atoms with Crippen molar-refractivity contribution in [1.82, 2.24) is 15.5 Å². The maximum Gasteiger partial charge on any atom is 0.315 e. The number of carbonyl (C=O) groups is 1. The van der Waals surface area contributed by atoms with Crippen LogP contribution in [0.25, 0.3) is 0 Å². The van der Waals surface area contributed by atoms with Gasteiger partial charge in [-0.2, -0.15) is 0 Å². The SMILES string of the molecule is CC(C)N1CC[C@@H](NC(=O)NCCCO)[C@H]1c1ccc(F)c(F)c1. The Morgan fingerprint density at radius 3 is 2.75 bits per heavy atom. The summed E-state index contributed by atoms with van der Waals surface area (Å²) in [4.78, 5) is 14.2. The monoisotopic (exact) mass is 341 g/mol. The molecule has 2 amide bonds. The van der Waals surface area contributed by atoms with Crippen LogP contribution in [0.4, 0.5) is 13.6 Å². The lowest BCUT2D eigenvalue weighted by Gasteiger charge is -2.32. The minimum atomic E-state index is -0.880. The van der Waals surface area contributed by atoms with E-state index in [1.165, 1.54) is 6.07 Å². The van der Waals surface area contributed by atoms with Crippen LogP contribution in [0.15, 0.2) is 18.2 Å². The van der Waals surface area contributed by atoms with Crippen molar-refractivity contribution in [2.24, 2.45) is 0 Å². The highest BCUT2D eigenvalue weighted by Crippen LogP contribution is 2.34. The van der Waals surface area contributed by atoms with Crippen LogP contribution in [0.1, 0.15) is 38.3 Å². The maximum atomic E-state index is 13.6. The van der Waals surface area contributed by atoms with E-state index in [0.717, 1.165) is 19.0 Å². The van der Waals surface area contributed by atoms with E-state index >= 15 is 0 Å². The maximum absolute atomic E-state index is 13.6. The van der Waals surface area contributed by atoms with E-state index in [1.54, 1.807) is 6.07 Å². The van der Waals surface area contributed by atoms with Crippen LogP contribution < -0.4 is 10.6 Å². The Kier molecular flexibility index (Phi) is 6.51. The number of nitrogens with one attached hydrogen (secondary N) is 2. The van der Waals surface area contributed by atoms with E-state index in [2.05, 4.69) is 15.5 Å². The average molecular weight is 341 g/mol. The van der Waals surface area contributed by atoms with E-state index in [9.17, 15) is 13.6 Å². The van der Waals surface area contributed by atoms with Gasteiger partial charge in [0.1, 0.15) is 0 Å². The molecule has 1 heterocycles. The molecule has 0 saturated carbocycles. The summed E-state index contributed by atoms with van der Waals surface area (Å²) in [7, 11) is 0. The van der Waals surface area contributed by atoms with Crippen molar-refractivity contribution in [3.63, 3.8) is 0 Å². The van der Waals surface area contributed by atoms with E-state index in [-0.39, 0.29) is 30.8 Å². The molecule has 0 unspecified atom stereocenters. The normalized spacial score (nSPS) is 21.2. The first-order chi connectivity index (χ1) is 11.4. The molecule has 0 bridgehead atoms. The summed E-state index contributed by atoms with van der Waals surface area (Å²) in [6.45, 7) is 5.25. The van der Waals surface area contributed by atoms with Gasteiger partial charge in [0.2, 0.25) is 0 Å². The summed E-state index contributed by atoms with van der Waals surface area (Å²) < 4.78 is 26.9. The molecule has 3 N–H and O–H groups in total. The topological polar surface area (TPSA) is 64.6 Å². The summed E-state index contributed by atoms with van der Waals surface area (Å²) >= 11 is 0. The first-order valence-corrected chi connectivity index (χ1v) is 8.30. The molecule has 1 aromatic rings. The second kappa shape index (κ2) is 8.39. The van der Waals surface area contributed by atoms with E-state index in [4.69, 9.17) is 5.11 Å². The number of aliphatic hydroxyl groups is 1. The summed E-state index contributed by atoms with van der Waals surface area (Å²) in [6.07, 6.45) is 1.22. The van der Waals surface area contributed by atoms with Crippen LogP contribution in [0, 0.1) is 11.6 Å². The molecule has 0 spiro atoms. The number of amides is 2. The number of benzene rings is 1. The minimum Gasteiger partial charge on any atom is -0.396 e. The van der Waals surface area contributed by atoms with Crippen molar-refractivity contribution in [2.45, 2.75) is 44.8 Å². The number of nitrogens with zero attached hydrogens (tertiary/aromatic N) is 1.